The number of ether oxygens (including phenoxy) is 3. The van der Waals surface area contributed by atoms with Gasteiger partial charge in [0.2, 0.25) is 5.91 Å². The largest absolute Gasteiger partial charge is 0.493 e. The van der Waals surface area contributed by atoms with Crippen molar-refractivity contribution in [1.82, 2.24) is 10.2 Å². The zero-order valence-corrected chi connectivity index (χ0v) is 22.6. The molecule has 0 fully saturated rings. The fourth-order valence-corrected chi connectivity index (χ4v) is 5.57. The number of para-hydroxylation sites is 1. The minimum atomic E-state index is -2.85. The Hall–Kier alpha value is -3.73. The number of benzene rings is 2. The van der Waals surface area contributed by atoms with Crippen LogP contribution in [0.15, 0.2) is 47.5 Å². The molecule has 2 amide bonds. The van der Waals surface area contributed by atoms with E-state index in [-0.39, 0.29) is 37.2 Å². The van der Waals surface area contributed by atoms with Gasteiger partial charge < -0.3 is 25.3 Å². The molecule has 2 aromatic rings. The number of hydrogen-bond donors (Lipinski definition) is 2. The number of halogens is 2. The summed E-state index contributed by atoms with van der Waals surface area (Å²) in [5, 5.41) is 3.08. The van der Waals surface area contributed by atoms with Crippen LogP contribution in [0.5, 0.6) is 11.5 Å². The van der Waals surface area contributed by atoms with Crippen LogP contribution in [0.25, 0.3) is 0 Å². The molecule has 2 aromatic carbocycles. The topological polar surface area (TPSA) is 115 Å². The predicted octanol–water partition coefficient (Wildman–Crippen LogP) is 4.48. The summed E-state index contributed by atoms with van der Waals surface area (Å²) in [6.07, 6.45) is 1.71. The zero-order valence-electron chi connectivity index (χ0n) is 22.6. The standard InChI is InChI=1S/C29H34F2N4O5/c1-3-29(2)16-25(36)35(28(32)34-29)22-11-13-38-23-9-8-17(14-20(22)23)26(37)33-21-15-18(10-12-39-27(30)31)40-24-7-5-4-6-19(21)24/h4-9,14,18,21-22,27H,3,10-13,15-16H2,1-2H3,(H2,32,34)(H,33,37)/t18-,21+,22-,29-/m1/s1. The van der Waals surface area contributed by atoms with E-state index >= 15 is 0 Å². The quantitative estimate of drug-likeness (QED) is 0.496. The maximum absolute atomic E-state index is 13.5. The zero-order chi connectivity index (χ0) is 28.4. The highest BCUT2D eigenvalue weighted by molar-refractivity contribution is 6.00. The smallest absolute Gasteiger partial charge is 0.345 e. The van der Waals surface area contributed by atoms with E-state index in [1.165, 1.54) is 4.90 Å². The normalized spacial score (nSPS) is 25.8. The third-order valence-electron chi connectivity index (χ3n) is 7.86. The highest BCUT2D eigenvalue weighted by Crippen LogP contribution is 2.40. The number of carbonyl (C=O) groups excluding carboxylic acids is 2. The first-order chi connectivity index (χ1) is 19.2. The Balaban J connectivity index is 1.37. The molecule has 0 saturated heterocycles. The fraction of sp³-hybridized carbons (Fsp3) is 0.483. The van der Waals surface area contributed by atoms with E-state index in [0.29, 0.717) is 48.5 Å². The molecule has 3 aliphatic heterocycles. The number of amides is 2. The second-order valence-electron chi connectivity index (χ2n) is 10.6. The van der Waals surface area contributed by atoms with Crippen LogP contribution in [0.1, 0.15) is 79.5 Å². The van der Waals surface area contributed by atoms with Crippen molar-refractivity contribution in [2.45, 2.75) is 76.3 Å². The number of rotatable bonds is 8. The van der Waals surface area contributed by atoms with Gasteiger partial charge in [0.1, 0.15) is 17.6 Å². The first-order valence-electron chi connectivity index (χ1n) is 13.6. The van der Waals surface area contributed by atoms with Crippen LogP contribution >= 0.6 is 0 Å². The Morgan fingerprint density at radius 3 is 2.80 bits per heavy atom. The number of nitrogens with one attached hydrogen (secondary N) is 1. The molecule has 0 aliphatic carbocycles. The van der Waals surface area contributed by atoms with Gasteiger partial charge in [-0.2, -0.15) is 8.78 Å². The third-order valence-corrected chi connectivity index (χ3v) is 7.86. The number of fused-ring (bicyclic) bond motifs is 2. The average Bonchev–Trinajstić information content (AvgIpc) is 2.92. The Kier molecular flexibility index (Phi) is 7.93. The van der Waals surface area contributed by atoms with E-state index in [1.807, 2.05) is 32.0 Å². The molecule has 4 atom stereocenters. The number of hydrogen-bond acceptors (Lipinski definition) is 7. The second-order valence-corrected chi connectivity index (χ2v) is 10.6. The monoisotopic (exact) mass is 556 g/mol. The molecule has 40 heavy (non-hydrogen) atoms. The molecule has 0 aromatic heterocycles. The molecule has 0 unspecified atom stereocenters. The number of carbonyl (C=O) groups is 2. The van der Waals surface area contributed by atoms with Crippen LogP contribution < -0.4 is 20.5 Å². The van der Waals surface area contributed by atoms with Crippen LogP contribution in [-0.4, -0.2) is 54.1 Å². The molecule has 0 bridgehead atoms. The van der Waals surface area contributed by atoms with Crippen LogP contribution in [-0.2, 0) is 9.53 Å². The molecule has 214 valence electrons. The van der Waals surface area contributed by atoms with Gasteiger partial charge in [0.05, 0.1) is 37.3 Å². The predicted molar refractivity (Wildman–Crippen MR) is 143 cm³/mol. The van der Waals surface area contributed by atoms with Gasteiger partial charge in [-0.1, -0.05) is 25.1 Å². The molecule has 0 spiro atoms. The first kappa shape index (κ1) is 27.8. The van der Waals surface area contributed by atoms with Crippen LogP contribution in [0, 0.1) is 0 Å². The second kappa shape index (κ2) is 11.4. The van der Waals surface area contributed by atoms with Crippen LogP contribution in [0.2, 0.25) is 0 Å². The molecule has 5 rings (SSSR count). The van der Waals surface area contributed by atoms with Gasteiger partial charge in [-0.15, -0.1) is 0 Å². The lowest BCUT2D eigenvalue weighted by Gasteiger charge is -2.40. The van der Waals surface area contributed by atoms with Gasteiger partial charge in [0, 0.05) is 36.0 Å². The van der Waals surface area contributed by atoms with Crippen molar-refractivity contribution in [2.24, 2.45) is 10.7 Å². The lowest BCUT2D eigenvalue weighted by Crippen LogP contribution is -2.52. The molecular formula is C29H34F2N4O5. The summed E-state index contributed by atoms with van der Waals surface area (Å²) in [7, 11) is 0. The van der Waals surface area contributed by atoms with E-state index < -0.39 is 30.3 Å². The summed E-state index contributed by atoms with van der Waals surface area (Å²) in [6, 6.07) is 11.7. The minimum absolute atomic E-state index is 0.106. The van der Waals surface area contributed by atoms with Gasteiger partial charge in [-0.05, 0) is 37.6 Å². The Labute approximate surface area is 231 Å². The number of guanidine groups is 1. The number of nitrogens with two attached hydrogens (primary N) is 1. The highest BCUT2D eigenvalue weighted by Gasteiger charge is 2.40. The van der Waals surface area contributed by atoms with E-state index in [4.69, 9.17) is 15.2 Å². The van der Waals surface area contributed by atoms with Crippen molar-refractivity contribution < 1.29 is 32.6 Å². The molecule has 3 N–H and O–H groups in total. The van der Waals surface area contributed by atoms with Crippen molar-refractivity contribution in [3.05, 3.63) is 59.2 Å². The molecule has 11 heteroatoms. The minimum Gasteiger partial charge on any atom is -0.493 e. The summed E-state index contributed by atoms with van der Waals surface area (Å²) in [5.41, 5.74) is 7.68. The van der Waals surface area contributed by atoms with E-state index in [1.54, 1.807) is 24.3 Å². The van der Waals surface area contributed by atoms with E-state index in [2.05, 4.69) is 15.0 Å². The third kappa shape index (κ3) is 5.74. The molecule has 3 aliphatic rings. The van der Waals surface area contributed by atoms with Crippen molar-refractivity contribution >= 4 is 17.8 Å². The van der Waals surface area contributed by atoms with Gasteiger partial charge in [-0.25, -0.2) is 4.99 Å². The lowest BCUT2D eigenvalue weighted by molar-refractivity contribution is -0.133. The molecular weight excluding hydrogens is 522 g/mol. The number of aliphatic imine (C=N–C) groups is 1. The summed E-state index contributed by atoms with van der Waals surface area (Å²) in [5.74, 6) is 0.936. The van der Waals surface area contributed by atoms with Crippen molar-refractivity contribution in [1.29, 1.82) is 0 Å². The van der Waals surface area contributed by atoms with Crippen molar-refractivity contribution in [2.75, 3.05) is 13.2 Å². The SMILES string of the molecule is CC[C@]1(C)CC(=O)N([C@@H]2CCOc3ccc(C(=O)N[C@H]4C[C@@H](CCOC(F)F)Oc5ccccc54)cc32)C(N)=N1. The fourth-order valence-electron chi connectivity index (χ4n) is 5.57. The van der Waals surface area contributed by atoms with Gasteiger partial charge in [0.15, 0.2) is 5.96 Å². The van der Waals surface area contributed by atoms with Crippen LogP contribution in [0.3, 0.4) is 0 Å². The van der Waals surface area contributed by atoms with E-state index in [0.717, 1.165) is 5.56 Å². The molecule has 9 nitrogen and oxygen atoms in total. The average molecular weight is 557 g/mol. The van der Waals surface area contributed by atoms with Crippen molar-refractivity contribution in [3.8, 4) is 11.5 Å². The first-order valence-corrected chi connectivity index (χ1v) is 13.6. The Morgan fingerprint density at radius 1 is 1.25 bits per heavy atom. The summed E-state index contributed by atoms with van der Waals surface area (Å²) >= 11 is 0. The van der Waals surface area contributed by atoms with Crippen molar-refractivity contribution in [3.63, 3.8) is 0 Å². The summed E-state index contributed by atoms with van der Waals surface area (Å²) in [4.78, 5) is 32.9. The maximum atomic E-state index is 13.5. The van der Waals surface area contributed by atoms with Crippen LogP contribution in [0.4, 0.5) is 8.78 Å². The van der Waals surface area contributed by atoms with Gasteiger partial charge in [-0.3, -0.25) is 14.5 Å². The summed E-state index contributed by atoms with van der Waals surface area (Å²) < 4.78 is 41.1. The summed E-state index contributed by atoms with van der Waals surface area (Å²) in [6.45, 7) is 1.29. The van der Waals surface area contributed by atoms with Gasteiger partial charge >= 0.3 is 6.61 Å². The molecule has 0 saturated carbocycles. The number of nitrogens with zero attached hydrogens (tertiary/aromatic N) is 2. The maximum Gasteiger partial charge on any atom is 0.345 e. The van der Waals surface area contributed by atoms with E-state index in [9.17, 15) is 18.4 Å². The highest BCUT2D eigenvalue weighted by atomic mass is 19.3. The van der Waals surface area contributed by atoms with Gasteiger partial charge in [0.25, 0.3) is 5.91 Å². The molecule has 3 heterocycles. The Morgan fingerprint density at radius 2 is 2.05 bits per heavy atom. The number of alkyl halides is 2. The lowest BCUT2D eigenvalue weighted by atomic mass is 9.90. The Bertz CT molecular complexity index is 1300. The molecule has 0 radical (unpaired) electrons.